The lowest BCUT2D eigenvalue weighted by Crippen LogP contribution is -2.34. The summed E-state index contributed by atoms with van der Waals surface area (Å²) in [5.74, 6) is 0.448. The zero-order chi connectivity index (χ0) is 15.4. The first-order valence-corrected chi connectivity index (χ1v) is 8.09. The Morgan fingerprint density at radius 2 is 2.27 bits per heavy atom. The highest BCUT2D eigenvalue weighted by Crippen LogP contribution is 2.27. The third-order valence-electron chi connectivity index (χ3n) is 4.15. The van der Waals surface area contributed by atoms with Gasteiger partial charge in [0.2, 0.25) is 0 Å². The molecule has 0 aliphatic carbocycles. The highest BCUT2D eigenvalue weighted by Gasteiger charge is 2.23. The molecule has 6 heteroatoms. The van der Waals surface area contributed by atoms with Gasteiger partial charge in [0, 0.05) is 48.2 Å². The molecule has 0 spiro atoms. The van der Waals surface area contributed by atoms with Gasteiger partial charge in [-0.1, -0.05) is 11.6 Å². The Morgan fingerprint density at radius 3 is 3.09 bits per heavy atom. The first kappa shape index (κ1) is 15.5. The van der Waals surface area contributed by atoms with Crippen LogP contribution in [0, 0.1) is 0 Å². The first-order valence-electron chi connectivity index (χ1n) is 7.71. The number of nitrogens with zero attached hydrogens (tertiary/aromatic N) is 4. The molecule has 1 aliphatic rings. The van der Waals surface area contributed by atoms with Crippen LogP contribution in [-0.4, -0.2) is 44.5 Å². The highest BCUT2D eigenvalue weighted by molar-refractivity contribution is 6.31. The zero-order valence-electron chi connectivity index (χ0n) is 12.5. The Labute approximate surface area is 135 Å². The number of halogens is 1. The summed E-state index contributed by atoms with van der Waals surface area (Å²) in [5.41, 5.74) is 2.20. The molecule has 0 aromatic carbocycles. The van der Waals surface area contributed by atoms with Gasteiger partial charge in [0.1, 0.15) is 0 Å². The Kier molecular flexibility index (Phi) is 5.08. The van der Waals surface area contributed by atoms with Crippen LogP contribution in [0.5, 0.6) is 0 Å². The summed E-state index contributed by atoms with van der Waals surface area (Å²) in [6.45, 7) is 3.58. The van der Waals surface area contributed by atoms with E-state index in [1.165, 1.54) is 0 Å². The second-order valence-electron chi connectivity index (χ2n) is 5.77. The molecule has 1 atom stereocenters. The molecule has 1 fully saturated rings. The van der Waals surface area contributed by atoms with Crippen LogP contribution in [0.2, 0.25) is 5.02 Å². The maximum Gasteiger partial charge on any atom is 0.0668 e. The molecule has 0 unspecified atom stereocenters. The lowest BCUT2D eigenvalue weighted by atomic mass is 9.94. The molecule has 1 aliphatic heterocycles. The van der Waals surface area contributed by atoms with E-state index in [0.717, 1.165) is 48.8 Å². The fourth-order valence-electron chi connectivity index (χ4n) is 3.03. The summed E-state index contributed by atoms with van der Waals surface area (Å²) in [4.78, 5) is 6.58. The molecule has 2 aromatic heterocycles. The minimum atomic E-state index is 0.122. The standard InChI is InChI=1S/C16H21ClN4O/c17-15-3-5-18-10-14(15)12-20-6-1-2-13(11-20)16-4-7-21(19-16)8-9-22/h3-5,7,10,13,22H,1-2,6,8-9,11-12H2/t13-/m1/s1. The summed E-state index contributed by atoms with van der Waals surface area (Å²) in [5, 5.41) is 14.3. The van der Waals surface area contributed by atoms with Crippen LogP contribution in [0.1, 0.15) is 30.0 Å². The van der Waals surface area contributed by atoms with Crippen molar-refractivity contribution in [1.82, 2.24) is 19.7 Å². The summed E-state index contributed by atoms with van der Waals surface area (Å²) >= 11 is 6.23. The smallest absolute Gasteiger partial charge is 0.0668 e. The van der Waals surface area contributed by atoms with E-state index < -0.39 is 0 Å². The Hall–Kier alpha value is -1.43. The molecule has 22 heavy (non-hydrogen) atoms. The van der Waals surface area contributed by atoms with Gasteiger partial charge in [0.25, 0.3) is 0 Å². The van der Waals surface area contributed by atoms with Gasteiger partial charge in [0.05, 0.1) is 18.8 Å². The molecular formula is C16H21ClN4O. The number of pyridine rings is 1. The number of aromatic nitrogens is 3. The average molecular weight is 321 g/mol. The van der Waals surface area contributed by atoms with Crippen molar-refractivity contribution in [3.05, 3.63) is 47.0 Å². The molecular weight excluding hydrogens is 300 g/mol. The van der Waals surface area contributed by atoms with E-state index in [-0.39, 0.29) is 6.61 Å². The second kappa shape index (κ2) is 7.22. The van der Waals surface area contributed by atoms with Crippen LogP contribution in [-0.2, 0) is 13.1 Å². The van der Waals surface area contributed by atoms with Crippen LogP contribution >= 0.6 is 11.6 Å². The molecule has 5 nitrogen and oxygen atoms in total. The third-order valence-corrected chi connectivity index (χ3v) is 4.52. The van der Waals surface area contributed by atoms with Gasteiger partial charge in [0.15, 0.2) is 0 Å². The number of likely N-dealkylation sites (tertiary alicyclic amines) is 1. The van der Waals surface area contributed by atoms with E-state index in [1.807, 2.05) is 23.1 Å². The van der Waals surface area contributed by atoms with Crippen LogP contribution in [0.3, 0.4) is 0 Å². The van der Waals surface area contributed by atoms with Gasteiger partial charge < -0.3 is 5.11 Å². The summed E-state index contributed by atoms with van der Waals surface area (Å²) in [7, 11) is 0. The maximum absolute atomic E-state index is 8.98. The molecule has 3 rings (SSSR count). The number of hydrogen-bond acceptors (Lipinski definition) is 4. The zero-order valence-corrected chi connectivity index (χ0v) is 13.3. The third kappa shape index (κ3) is 3.66. The first-order chi connectivity index (χ1) is 10.8. The molecule has 0 radical (unpaired) electrons. The molecule has 0 bridgehead atoms. The van der Waals surface area contributed by atoms with Crippen molar-refractivity contribution in [2.24, 2.45) is 0 Å². The van der Waals surface area contributed by atoms with Crippen molar-refractivity contribution in [2.75, 3.05) is 19.7 Å². The molecule has 2 aromatic rings. The summed E-state index contributed by atoms with van der Waals surface area (Å²) < 4.78 is 1.81. The van der Waals surface area contributed by atoms with E-state index in [2.05, 4.69) is 21.0 Å². The van der Waals surface area contributed by atoms with Crippen molar-refractivity contribution in [3.63, 3.8) is 0 Å². The van der Waals surface area contributed by atoms with Crippen molar-refractivity contribution in [1.29, 1.82) is 0 Å². The van der Waals surface area contributed by atoms with E-state index in [9.17, 15) is 0 Å². The summed E-state index contributed by atoms with van der Waals surface area (Å²) in [6, 6.07) is 3.91. The van der Waals surface area contributed by atoms with Crippen molar-refractivity contribution >= 4 is 11.6 Å². The van der Waals surface area contributed by atoms with Gasteiger partial charge >= 0.3 is 0 Å². The molecule has 1 N–H and O–H groups in total. The lowest BCUT2D eigenvalue weighted by Gasteiger charge is -2.32. The predicted molar refractivity (Wildman–Crippen MR) is 85.8 cm³/mol. The monoisotopic (exact) mass is 320 g/mol. The van der Waals surface area contributed by atoms with Crippen molar-refractivity contribution < 1.29 is 5.11 Å². The number of piperidine rings is 1. The number of hydrogen-bond donors (Lipinski definition) is 1. The van der Waals surface area contributed by atoms with Gasteiger partial charge in [-0.15, -0.1) is 0 Å². The van der Waals surface area contributed by atoms with Gasteiger partial charge in [-0.05, 0) is 31.5 Å². The number of aliphatic hydroxyl groups is 1. The fourth-order valence-corrected chi connectivity index (χ4v) is 3.20. The largest absolute Gasteiger partial charge is 0.394 e. The Morgan fingerprint density at radius 1 is 1.36 bits per heavy atom. The molecule has 0 amide bonds. The van der Waals surface area contributed by atoms with Crippen LogP contribution in [0.4, 0.5) is 0 Å². The fraction of sp³-hybridized carbons (Fsp3) is 0.500. The lowest BCUT2D eigenvalue weighted by molar-refractivity contribution is 0.197. The molecule has 3 heterocycles. The minimum absolute atomic E-state index is 0.122. The molecule has 118 valence electrons. The van der Waals surface area contributed by atoms with Crippen LogP contribution in [0.15, 0.2) is 30.7 Å². The van der Waals surface area contributed by atoms with E-state index in [4.69, 9.17) is 16.7 Å². The van der Waals surface area contributed by atoms with E-state index in [1.54, 1.807) is 6.20 Å². The van der Waals surface area contributed by atoms with Gasteiger partial charge in [-0.3, -0.25) is 14.6 Å². The molecule has 0 saturated carbocycles. The van der Waals surface area contributed by atoms with Crippen LogP contribution < -0.4 is 0 Å². The quantitative estimate of drug-likeness (QED) is 0.918. The van der Waals surface area contributed by atoms with Gasteiger partial charge in [-0.2, -0.15) is 5.10 Å². The average Bonchev–Trinajstić information content (AvgIpc) is 2.99. The minimum Gasteiger partial charge on any atom is -0.394 e. The molecule has 1 saturated heterocycles. The van der Waals surface area contributed by atoms with E-state index in [0.29, 0.717) is 12.5 Å². The Bertz CT molecular complexity index is 616. The number of aliphatic hydroxyl groups excluding tert-OH is 1. The van der Waals surface area contributed by atoms with Crippen molar-refractivity contribution in [3.8, 4) is 0 Å². The maximum atomic E-state index is 8.98. The van der Waals surface area contributed by atoms with Gasteiger partial charge in [-0.25, -0.2) is 0 Å². The predicted octanol–water partition coefficient (Wildman–Crippen LogP) is 2.30. The topological polar surface area (TPSA) is 54.2 Å². The van der Waals surface area contributed by atoms with E-state index >= 15 is 0 Å². The Balaban J connectivity index is 1.65. The SMILES string of the molecule is OCCn1ccc([C@@H]2CCCN(Cc3cnccc3Cl)C2)n1. The van der Waals surface area contributed by atoms with Crippen molar-refractivity contribution in [2.45, 2.75) is 31.8 Å². The summed E-state index contributed by atoms with van der Waals surface area (Å²) in [6.07, 6.45) is 7.84. The highest BCUT2D eigenvalue weighted by atomic mass is 35.5. The second-order valence-corrected chi connectivity index (χ2v) is 6.18. The van der Waals surface area contributed by atoms with Crippen LogP contribution in [0.25, 0.3) is 0 Å². The normalized spacial score (nSPS) is 19.5. The number of rotatable bonds is 5.